The van der Waals surface area contributed by atoms with Gasteiger partial charge in [0.2, 0.25) is 0 Å². The first-order valence-corrected chi connectivity index (χ1v) is 23.5. The Morgan fingerprint density at radius 3 is 1.67 bits per heavy atom. The molecule has 0 bridgehead atoms. The molecule has 9 aromatic rings. The van der Waals surface area contributed by atoms with Crippen LogP contribution >= 0.6 is 0 Å². The molecule has 0 unspecified atom stereocenters. The third-order valence-electron chi connectivity index (χ3n) is 14.1. The molecule has 9 aromatic carbocycles. The Bertz CT molecular complexity index is 3570. The number of hydrogen-bond donors (Lipinski definition) is 0. The third-order valence-corrected chi connectivity index (χ3v) is 14.1. The van der Waals surface area contributed by atoms with Crippen molar-refractivity contribution in [2.75, 3.05) is 0 Å². The quantitative estimate of drug-likeness (QED) is 0.162. The van der Waals surface area contributed by atoms with Gasteiger partial charge in [0, 0.05) is 33.0 Å². The molecule has 0 N–H and O–H groups in total. The molecule has 0 aromatic heterocycles. The van der Waals surface area contributed by atoms with Crippen molar-refractivity contribution in [1.29, 1.82) is 0 Å². The van der Waals surface area contributed by atoms with Gasteiger partial charge in [-0.2, -0.15) is 0 Å². The van der Waals surface area contributed by atoms with Crippen LogP contribution in [0, 0.1) is 0 Å². The number of carbonyl (C=O) groups is 2. The van der Waals surface area contributed by atoms with Crippen LogP contribution < -0.4 is 15.2 Å². The minimum atomic E-state index is 0.0790. The smallest absolute Gasteiger partial charge is 0.194 e. The molecule has 1 aliphatic heterocycles. The van der Waals surface area contributed by atoms with Crippen molar-refractivity contribution in [3.8, 4) is 22.6 Å². The lowest BCUT2D eigenvalue weighted by molar-refractivity contribution is 0.102. The molecular formula is C63H50O3. The normalized spacial score (nSPS) is 13.0. The second kappa shape index (κ2) is 16.7. The van der Waals surface area contributed by atoms with Crippen LogP contribution in [0.25, 0.3) is 44.3 Å². The van der Waals surface area contributed by atoms with E-state index < -0.39 is 0 Å². The maximum absolute atomic E-state index is 14.3. The lowest BCUT2D eigenvalue weighted by Gasteiger charge is -2.28. The van der Waals surface area contributed by atoms with Crippen LogP contribution in [-0.2, 0) is 32.1 Å². The van der Waals surface area contributed by atoms with Gasteiger partial charge < -0.3 is 4.74 Å². The summed E-state index contributed by atoms with van der Waals surface area (Å²) in [6, 6.07) is 56.3. The van der Waals surface area contributed by atoms with Crippen molar-refractivity contribution in [3.63, 3.8) is 0 Å². The number of hydrogen-bond acceptors (Lipinski definition) is 3. The highest BCUT2D eigenvalue weighted by Gasteiger charge is 2.32. The van der Waals surface area contributed by atoms with Gasteiger partial charge in [-0.25, -0.2) is 0 Å². The number of para-hydroxylation sites is 1. The maximum Gasteiger partial charge on any atom is 0.194 e. The topological polar surface area (TPSA) is 43.4 Å². The molecule has 3 aliphatic rings. The van der Waals surface area contributed by atoms with Crippen LogP contribution in [0.1, 0.15) is 110 Å². The van der Waals surface area contributed by atoms with E-state index in [4.69, 9.17) is 4.74 Å². The van der Waals surface area contributed by atoms with E-state index in [1.165, 1.54) is 60.5 Å². The second-order valence-electron chi connectivity index (χ2n) is 17.6. The van der Waals surface area contributed by atoms with Crippen LogP contribution in [0.5, 0.6) is 11.5 Å². The molecule has 320 valence electrons. The van der Waals surface area contributed by atoms with E-state index in [0.717, 1.165) is 104 Å². The fourth-order valence-electron chi connectivity index (χ4n) is 10.9. The van der Waals surface area contributed by atoms with Crippen LogP contribution in [0.15, 0.2) is 164 Å². The second-order valence-corrected chi connectivity index (χ2v) is 17.6. The molecule has 3 heteroatoms. The van der Waals surface area contributed by atoms with Crippen molar-refractivity contribution >= 4 is 44.8 Å². The van der Waals surface area contributed by atoms with Crippen LogP contribution in [0.4, 0.5) is 0 Å². The minimum absolute atomic E-state index is 0.0790. The average Bonchev–Trinajstić information content (AvgIpc) is 3.37. The monoisotopic (exact) mass is 854 g/mol. The van der Waals surface area contributed by atoms with E-state index in [-0.39, 0.29) is 11.6 Å². The first kappa shape index (κ1) is 41.1. The Kier molecular flexibility index (Phi) is 10.4. The first-order chi connectivity index (χ1) is 32.4. The predicted molar refractivity (Wildman–Crippen MR) is 271 cm³/mol. The Hall–Kier alpha value is -7.62. The van der Waals surface area contributed by atoms with E-state index in [1.54, 1.807) is 0 Å². The van der Waals surface area contributed by atoms with Crippen molar-refractivity contribution in [3.05, 3.63) is 247 Å². The molecule has 12 rings (SSSR count). The van der Waals surface area contributed by atoms with Crippen molar-refractivity contribution in [1.82, 2.24) is 0 Å². The average molecular weight is 855 g/mol. The number of carbonyl (C=O) groups excluding carboxylic acids is 2. The molecule has 3 nitrogen and oxygen atoms in total. The Morgan fingerprint density at radius 1 is 0.439 bits per heavy atom. The number of aryl methyl sites for hydroxylation is 4. The summed E-state index contributed by atoms with van der Waals surface area (Å²) < 4.78 is 6.19. The third kappa shape index (κ3) is 6.64. The Balaban J connectivity index is 0.000000150. The zero-order valence-electron chi connectivity index (χ0n) is 37.9. The summed E-state index contributed by atoms with van der Waals surface area (Å²) in [5.41, 5.74) is 17.5. The van der Waals surface area contributed by atoms with E-state index >= 15 is 0 Å². The van der Waals surface area contributed by atoms with Gasteiger partial charge in [-0.05, 0) is 150 Å². The first-order valence-electron chi connectivity index (χ1n) is 23.5. The van der Waals surface area contributed by atoms with Crippen LogP contribution in [-0.4, -0.2) is 11.6 Å². The standard InChI is InChI=1S/C36H34O.C27H16O2/c1-5-22-17-24(7-3)33(32-20-27-14-10-9-13-26(27)19-30(22)32)34-25(8-4)18-23(6-2)31-21-28-15-11-12-16-29(28)36(37)35(31)34;28-27-21-11-4-2-9-18(21)26(19-10-3-5-12-22(19)27)20-13-7-15-25-23(20)16-17-8-1-6-14-24(17)29-25/h9-20H,5-8,21H2,1-4H3;1-16H. The fraction of sp³-hybridized carbons (Fsp3) is 0.143. The maximum atomic E-state index is 14.3. The van der Waals surface area contributed by atoms with Gasteiger partial charge in [0.1, 0.15) is 11.5 Å². The molecular weight excluding hydrogens is 805 g/mol. The molecule has 0 radical (unpaired) electrons. The van der Waals surface area contributed by atoms with Crippen molar-refractivity contribution in [2.45, 2.75) is 59.8 Å². The van der Waals surface area contributed by atoms with Gasteiger partial charge >= 0.3 is 0 Å². The number of fused-ring (bicyclic) bond motifs is 8. The van der Waals surface area contributed by atoms with E-state index in [2.05, 4.69) is 107 Å². The van der Waals surface area contributed by atoms with Crippen molar-refractivity contribution in [2.24, 2.45) is 0 Å². The summed E-state index contributed by atoms with van der Waals surface area (Å²) in [4.78, 5) is 27.4. The molecule has 0 fully saturated rings. The van der Waals surface area contributed by atoms with Gasteiger partial charge in [0.25, 0.3) is 0 Å². The summed E-state index contributed by atoms with van der Waals surface area (Å²) >= 11 is 0. The molecule has 0 saturated heterocycles. The summed E-state index contributed by atoms with van der Waals surface area (Å²) in [5, 5.41) is 7.23. The van der Waals surface area contributed by atoms with Gasteiger partial charge in [-0.3, -0.25) is 9.59 Å². The molecule has 2 aliphatic carbocycles. The number of ether oxygens (including phenoxy) is 1. The molecule has 1 heterocycles. The summed E-state index contributed by atoms with van der Waals surface area (Å²) in [5.74, 6) is 1.96. The highest BCUT2D eigenvalue weighted by atomic mass is 16.5. The van der Waals surface area contributed by atoms with Crippen LogP contribution in [0.2, 0.25) is 0 Å². The van der Waals surface area contributed by atoms with Gasteiger partial charge in [-0.1, -0.05) is 167 Å². The minimum Gasteiger partial charge on any atom is -0.456 e. The van der Waals surface area contributed by atoms with E-state index in [0.29, 0.717) is 0 Å². The van der Waals surface area contributed by atoms with Gasteiger partial charge in [-0.15, -0.1) is 0 Å². The zero-order valence-corrected chi connectivity index (χ0v) is 37.9. The van der Waals surface area contributed by atoms with E-state index in [1.807, 2.05) is 91.0 Å². The molecule has 0 amide bonds. The number of rotatable bonds is 5. The number of benzene rings is 9. The van der Waals surface area contributed by atoms with Gasteiger partial charge in [0.05, 0.1) is 0 Å². The molecule has 0 atom stereocenters. The van der Waals surface area contributed by atoms with E-state index in [9.17, 15) is 9.59 Å². The zero-order chi connectivity index (χ0) is 45.1. The highest BCUT2D eigenvalue weighted by molar-refractivity contribution is 6.20. The predicted octanol–water partition coefficient (Wildman–Crippen LogP) is 13.5. The Labute approximate surface area is 386 Å². The lowest BCUT2D eigenvalue weighted by atomic mass is 9.74. The fourth-order valence-corrected chi connectivity index (χ4v) is 10.9. The number of ketones is 2. The summed E-state index contributed by atoms with van der Waals surface area (Å²) in [7, 11) is 0. The SMILES string of the molecule is CCc1cc(CC)c(-c2c(CC)cc(CC)c3cc4ccccc4cc23)c2c1Cc1ccccc1C2=O.O=C1c2ccccc2C(=c2cccc3c2=Cc2ccccc2O3)c2ccccc21. The molecule has 66 heavy (non-hydrogen) atoms. The molecule has 0 spiro atoms. The van der Waals surface area contributed by atoms with Gasteiger partial charge in [0.15, 0.2) is 11.6 Å². The Morgan fingerprint density at radius 2 is 0.985 bits per heavy atom. The van der Waals surface area contributed by atoms with Crippen molar-refractivity contribution < 1.29 is 14.3 Å². The van der Waals surface area contributed by atoms with Crippen LogP contribution in [0.3, 0.4) is 0 Å². The highest BCUT2D eigenvalue weighted by Crippen LogP contribution is 2.45. The lowest BCUT2D eigenvalue weighted by Crippen LogP contribution is -2.32. The molecule has 0 saturated carbocycles. The summed E-state index contributed by atoms with van der Waals surface area (Å²) in [6.07, 6.45) is 6.76. The summed E-state index contributed by atoms with van der Waals surface area (Å²) in [6.45, 7) is 8.95. The largest absolute Gasteiger partial charge is 0.456 e.